The minimum atomic E-state index is -0.399. The van der Waals surface area contributed by atoms with Crippen LogP contribution in [0.4, 0.5) is 4.39 Å². The van der Waals surface area contributed by atoms with Crippen molar-refractivity contribution in [3.8, 4) is 0 Å². The summed E-state index contributed by atoms with van der Waals surface area (Å²) in [7, 11) is 0. The number of aliphatic hydroxyl groups excluding tert-OH is 1. The normalized spacial score (nSPS) is 12.9. The lowest BCUT2D eigenvalue weighted by molar-refractivity contribution is 0.264. The lowest BCUT2D eigenvalue weighted by Gasteiger charge is -2.09. The van der Waals surface area contributed by atoms with Crippen LogP contribution in [0.3, 0.4) is 0 Å². The molecule has 0 spiro atoms. The van der Waals surface area contributed by atoms with Gasteiger partial charge in [-0.05, 0) is 34.0 Å². The first kappa shape index (κ1) is 10.6. The molecule has 0 aliphatic heterocycles. The van der Waals surface area contributed by atoms with E-state index in [9.17, 15) is 4.39 Å². The van der Waals surface area contributed by atoms with Crippen LogP contribution < -0.4 is 5.73 Å². The number of hydrogen-bond acceptors (Lipinski definition) is 2. The van der Waals surface area contributed by atoms with Crippen LogP contribution in [0.1, 0.15) is 5.56 Å². The van der Waals surface area contributed by atoms with Gasteiger partial charge in [-0.1, -0.05) is 12.1 Å². The van der Waals surface area contributed by atoms with Gasteiger partial charge >= 0.3 is 0 Å². The van der Waals surface area contributed by atoms with Crippen LogP contribution in [0.15, 0.2) is 22.7 Å². The molecule has 0 aliphatic carbocycles. The Morgan fingerprint density at radius 1 is 1.54 bits per heavy atom. The van der Waals surface area contributed by atoms with E-state index in [1.807, 2.05) is 0 Å². The van der Waals surface area contributed by atoms with Gasteiger partial charge in [0.2, 0.25) is 0 Å². The second kappa shape index (κ2) is 4.69. The van der Waals surface area contributed by atoms with E-state index in [4.69, 9.17) is 10.8 Å². The van der Waals surface area contributed by atoms with Gasteiger partial charge in [0.25, 0.3) is 0 Å². The molecule has 0 aromatic heterocycles. The van der Waals surface area contributed by atoms with Gasteiger partial charge < -0.3 is 10.8 Å². The summed E-state index contributed by atoms with van der Waals surface area (Å²) >= 11 is 3.08. The van der Waals surface area contributed by atoms with Crippen LogP contribution in [0.2, 0.25) is 0 Å². The van der Waals surface area contributed by atoms with E-state index < -0.39 is 6.04 Å². The van der Waals surface area contributed by atoms with E-state index in [1.165, 1.54) is 0 Å². The van der Waals surface area contributed by atoms with Crippen LogP contribution in [-0.4, -0.2) is 17.8 Å². The minimum Gasteiger partial charge on any atom is -0.395 e. The van der Waals surface area contributed by atoms with Gasteiger partial charge in [-0.25, -0.2) is 4.39 Å². The molecule has 4 heteroatoms. The fraction of sp³-hybridized carbons (Fsp3) is 0.333. The topological polar surface area (TPSA) is 46.2 Å². The molecule has 13 heavy (non-hydrogen) atoms. The molecule has 1 rings (SSSR count). The second-order valence-corrected chi connectivity index (χ2v) is 3.71. The predicted molar refractivity (Wildman–Crippen MR) is 52.9 cm³/mol. The average Bonchev–Trinajstić information content (AvgIpc) is 2.13. The molecule has 0 heterocycles. The van der Waals surface area contributed by atoms with Crippen molar-refractivity contribution in [2.45, 2.75) is 12.5 Å². The highest BCUT2D eigenvalue weighted by Crippen LogP contribution is 2.19. The summed E-state index contributed by atoms with van der Waals surface area (Å²) < 4.78 is 13.7. The molecular formula is C9H11BrFNO. The van der Waals surface area contributed by atoms with Crippen LogP contribution in [0, 0.1) is 5.82 Å². The highest BCUT2D eigenvalue weighted by atomic mass is 79.9. The first-order valence-electron chi connectivity index (χ1n) is 3.94. The molecule has 72 valence electrons. The Hall–Kier alpha value is -0.450. The maximum atomic E-state index is 13.3. The van der Waals surface area contributed by atoms with Crippen molar-refractivity contribution in [2.75, 3.05) is 6.61 Å². The highest BCUT2D eigenvalue weighted by molar-refractivity contribution is 9.10. The van der Waals surface area contributed by atoms with Crippen LogP contribution in [0.25, 0.3) is 0 Å². The monoisotopic (exact) mass is 247 g/mol. The Bertz CT molecular complexity index is 293. The molecule has 0 saturated heterocycles. The van der Waals surface area contributed by atoms with E-state index in [2.05, 4.69) is 15.9 Å². The van der Waals surface area contributed by atoms with Gasteiger partial charge in [0, 0.05) is 6.04 Å². The number of aliphatic hydroxyl groups is 1. The third kappa shape index (κ3) is 2.76. The second-order valence-electron chi connectivity index (χ2n) is 2.86. The summed E-state index contributed by atoms with van der Waals surface area (Å²) in [5.74, 6) is -0.300. The highest BCUT2D eigenvalue weighted by Gasteiger charge is 2.09. The Morgan fingerprint density at radius 2 is 2.23 bits per heavy atom. The summed E-state index contributed by atoms with van der Waals surface area (Å²) in [6.07, 6.45) is 0.349. The van der Waals surface area contributed by atoms with Gasteiger partial charge in [-0.3, -0.25) is 0 Å². The number of rotatable bonds is 3. The van der Waals surface area contributed by atoms with Crippen molar-refractivity contribution in [2.24, 2.45) is 5.73 Å². The molecule has 0 saturated carbocycles. The van der Waals surface area contributed by atoms with Gasteiger partial charge in [0.05, 0.1) is 11.1 Å². The molecule has 2 nitrogen and oxygen atoms in total. The zero-order valence-electron chi connectivity index (χ0n) is 7.00. The maximum Gasteiger partial charge on any atom is 0.140 e. The zero-order chi connectivity index (χ0) is 9.84. The van der Waals surface area contributed by atoms with E-state index in [0.29, 0.717) is 16.5 Å². The van der Waals surface area contributed by atoms with Crippen LogP contribution in [-0.2, 0) is 6.42 Å². The molecular weight excluding hydrogens is 237 g/mol. The third-order valence-electron chi connectivity index (χ3n) is 1.75. The van der Waals surface area contributed by atoms with Gasteiger partial charge in [-0.2, -0.15) is 0 Å². The van der Waals surface area contributed by atoms with Crippen molar-refractivity contribution >= 4 is 15.9 Å². The maximum absolute atomic E-state index is 13.3. The van der Waals surface area contributed by atoms with E-state index in [1.54, 1.807) is 18.2 Å². The molecule has 0 bridgehead atoms. The Balaban J connectivity index is 2.83. The van der Waals surface area contributed by atoms with Crippen molar-refractivity contribution in [3.05, 3.63) is 34.1 Å². The summed E-state index contributed by atoms with van der Waals surface area (Å²) in [5, 5.41) is 8.70. The number of hydrogen-bond donors (Lipinski definition) is 2. The lowest BCUT2D eigenvalue weighted by Crippen LogP contribution is -2.27. The fourth-order valence-electron chi connectivity index (χ4n) is 1.05. The largest absolute Gasteiger partial charge is 0.395 e. The molecule has 1 unspecified atom stereocenters. The summed E-state index contributed by atoms with van der Waals surface area (Å²) in [5.41, 5.74) is 6.02. The van der Waals surface area contributed by atoms with Crippen molar-refractivity contribution in [1.82, 2.24) is 0 Å². The molecule has 0 radical (unpaired) electrons. The summed E-state index contributed by atoms with van der Waals surface area (Å²) in [4.78, 5) is 0. The molecule has 1 atom stereocenters. The van der Waals surface area contributed by atoms with Crippen molar-refractivity contribution < 1.29 is 9.50 Å². The number of nitrogens with two attached hydrogens (primary N) is 1. The van der Waals surface area contributed by atoms with Crippen molar-refractivity contribution in [1.29, 1.82) is 0 Å². The molecule has 3 N–H and O–H groups in total. The Labute approximate surface area is 84.7 Å². The van der Waals surface area contributed by atoms with E-state index in [-0.39, 0.29) is 12.4 Å². The molecule has 0 amide bonds. The Morgan fingerprint density at radius 3 is 2.85 bits per heavy atom. The van der Waals surface area contributed by atoms with E-state index in [0.717, 1.165) is 0 Å². The van der Waals surface area contributed by atoms with Gasteiger partial charge in [-0.15, -0.1) is 0 Å². The first-order valence-corrected chi connectivity index (χ1v) is 4.73. The Kier molecular flexibility index (Phi) is 3.84. The predicted octanol–water partition coefficient (Wildman–Crippen LogP) is 1.45. The third-order valence-corrected chi connectivity index (χ3v) is 2.36. The molecule has 1 aromatic rings. The standard InChI is InChI=1S/C9H11BrFNO/c10-8-3-1-2-6(9(8)11)4-7(12)5-13/h1-3,7,13H,4-5,12H2. The zero-order valence-corrected chi connectivity index (χ0v) is 8.59. The summed E-state index contributed by atoms with van der Waals surface area (Å²) in [6.45, 7) is -0.133. The number of halogens is 2. The van der Waals surface area contributed by atoms with Gasteiger partial charge in [0.15, 0.2) is 0 Å². The lowest BCUT2D eigenvalue weighted by atomic mass is 10.1. The van der Waals surface area contributed by atoms with Crippen LogP contribution >= 0.6 is 15.9 Å². The average molecular weight is 248 g/mol. The SMILES string of the molecule is NC(CO)Cc1cccc(Br)c1F. The van der Waals surface area contributed by atoms with Gasteiger partial charge in [0.1, 0.15) is 5.82 Å². The first-order chi connectivity index (χ1) is 6.15. The summed E-state index contributed by atoms with van der Waals surface area (Å²) in [6, 6.07) is 4.63. The van der Waals surface area contributed by atoms with Crippen LogP contribution in [0.5, 0.6) is 0 Å². The smallest absolute Gasteiger partial charge is 0.140 e. The number of benzene rings is 1. The minimum absolute atomic E-state index is 0.133. The fourth-order valence-corrected chi connectivity index (χ4v) is 1.46. The molecule has 0 aliphatic rings. The molecule has 0 fully saturated rings. The van der Waals surface area contributed by atoms with E-state index >= 15 is 0 Å². The van der Waals surface area contributed by atoms with Crippen molar-refractivity contribution in [3.63, 3.8) is 0 Å². The molecule has 1 aromatic carbocycles. The quantitative estimate of drug-likeness (QED) is 0.850.